The number of hydrogen-bond acceptors (Lipinski definition) is 5. The van der Waals surface area contributed by atoms with Gasteiger partial charge in [0.2, 0.25) is 0 Å². The van der Waals surface area contributed by atoms with Crippen molar-refractivity contribution in [2.75, 3.05) is 6.61 Å². The first-order valence-electron chi connectivity index (χ1n) is 4.11. The normalized spacial score (nSPS) is 27.4. The van der Waals surface area contributed by atoms with Crippen LogP contribution in [0, 0.1) is 0 Å². The Morgan fingerprint density at radius 2 is 1.69 bits per heavy atom. The number of cyclic esters (lactones) is 1. The fourth-order valence-electron chi connectivity index (χ4n) is 0.965. The Kier molecular flexibility index (Phi) is 3.39. The van der Waals surface area contributed by atoms with Gasteiger partial charge in [0.1, 0.15) is 12.4 Å². The molecular weight excluding hydrogens is 176 g/mol. The molecule has 2 N–H and O–H groups in total. The van der Waals surface area contributed by atoms with Crippen LogP contribution in [-0.2, 0) is 14.3 Å². The van der Waals surface area contributed by atoms with E-state index in [1.807, 2.05) is 0 Å². The number of carbonyl (C=O) groups excluding carboxylic acids is 2. The zero-order valence-corrected chi connectivity index (χ0v) is 7.10. The van der Waals surface area contributed by atoms with Crippen LogP contribution in [-0.4, -0.2) is 40.8 Å². The second-order valence-electron chi connectivity index (χ2n) is 3.14. The molecule has 0 bridgehead atoms. The molecule has 74 valence electrons. The van der Waals surface area contributed by atoms with Crippen molar-refractivity contribution in [1.82, 2.24) is 0 Å². The number of ketones is 1. The molecule has 5 heteroatoms. The second kappa shape index (κ2) is 4.34. The van der Waals surface area contributed by atoms with Crippen LogP contribution >= 0.6 is 0 Å². The molecule has 0 spiro atoms. The van der Waals surface area contributed by atoms with Gasteiger partial charge in [0.25, 0.3) is 0 Å². The van der Waals surface area contributed by atoms with Crippen LogP contribution in [0.1, 0.15) is 19.3 Å². The Morgan fingerprint density at radius 3 is 1.77 bits per heavy atom. The lowest BCUT2D eigenvalue weighted by Gasteiger charge is -2.16. The highest BCUT2D eigenvalue weighted by atomic mass is 16.6. The highest BCUT2D eigenvalue weighted by Gasteiger charge is 2.23. The van der Waals surface area contributed by atoms with E-state index in [1.165, 1.54) is 0 Å². The summed E-state index contributed by atoms with van der Waals surface area (Å²) in [7, 11) is 0. The third-order valence-corrected chi connectivity index (χ3v) is 1.77. The van der Waals surface area contributed by atoms with Crippen LogP contribution in [0.4, 0.5) is 0 Å². The maximum absolute atomic E-state index is 10.1. The molecule has 1 atom stereocenters. The lowest BCUT2D eigenvalue weighted by atomic mass is 9.95. The fourth-order valence-corrected chi connectivity index (χ4v) is 0.965. The summed E-state index contributed by atoms with van der Waals surface area (Å²) < 4.78 is 4.38. The minimum Gasteiger partial charge on any atom is -0.463 e. The summed E-state index contributed by atoms with van der Waals surface area (Å²) >= 11 is 0. The molecule has 2 rings (SSSR count). The molecule has 1 saturated carbocycles. The van der Waals surface area contributed by atoms with Gasteiger partial charge in [-0.25, -0.2) is 0 Å². The number of Topliss-reactive ketones (excluding diaryl/α,β-unsaturated/α-hetero) is 1. The molecule has 1 aliphatic heterocycles. The molecule has 1 saturated heterocycles. The van der Waals surface area contributed by atoms with Crippen molar-refractivity contribution in [3.63, 3.8) is 0 Å². The van der Waals surface area contributed by atoms with E-state index in [0.29, 0.717) is 12.8 Å². The van der Waals surface area contributed by atoms with Crippen LogP contribution in [0.15, 0.2) is 0 Å². The average Bonchev–Trinajstić information content (AvgIpc) is 2.33. The Bertz CT molecular complexity index is 205. The number of carbonyl (C=O) groups is 2. The van der Waals surface area contributed by atoms with Gasteiger partial charge in [0, 0.05) is 12.8 Å². The average molecular weight is 188 g/mol. The summed E-state index contributed by atoms with van der Waals surface area (Å²) in [5.74, 6) is -0.116. The topological polar surface area (TPSA) is 83.8 Å². The molecule has 1 unspecified atom stereocenters. The Morgan fingerprint density at radius 1 is 1.08 bits per heavy atom. The lowest BCUT2D eigenvalue weighted by Crippen LogP contribution is -2.27. The number of rotatable bonds is 0. The maximum atomic E-state index is 10.1. The van der Waals surface area contributed by atoms with Crippen molar-refractivity contribution in [1.29, 1.82) is 0 Å². The highest BCUT2D eigenvalue weighted by Crippen LogP contribution is 2.12. The Balaban J connectivity index is 0.000000132. The van der Waals surface area contributed by atoms with E-state index in [2.05, 4.69) is 4.74 Å². The zero-order valence-electron chi connectivity index (χ0n) is 7.10. The van der Waals surface area contributed by atoms with E-state index in [4.69, 9.17) is 10.2 Å². The van der Waals surface area contributed by atoms with Crippen LogP contribution < -0.4 is 0 Å². The quantitative estimate of drug-likeness (QED) is 0.476. The molecule has 0 aromatic heterocycles. The molecule has 5 nitrogen and oxygen atoms in total. The van der Waals surface area contributed by atoms with Gasteiger partial charge >= 0.3 is 5.97 Å². The van der Waals surface area contributed by atoms with Crippen LogP contribution in [0.25, 0.3) is 0 Å². The highest BCUT2D eigenvalue weighted by molar-refractivity contribution is 5.85. The minimum absolute atomic E-state index is 0.167. The SMILES string of the molecule is O=C1CC(O)C1.O=C1CC(O)CO1. The minimum atomic E-state index is -0.549. The van der Waals surface area contributed by atoms with E-state index in [9.17, 15) is 9.59 Å². The summed E-state index contributed by atoms with van der Waals surface area (Å²) in [6.45, 7) is 0.179. The third-order valence-electron chi connectivity index (χ3n) is 1.77. The summed E-state index contributed by atoms with van der Waals surface area (Å²) in [4.78, 5) is 20.0. The third kappa shape index (κ3) is 3.52. The van der Waals surface area contributed by atoms with Gasteiger partial charge in [-0.3, -0.25) is 9.59 Å². The van der Waals surface area contributed by atoms with Gasteiger partial charge < -0.3 is 14.9 Å². The summed E-state index contributed by atoms with van der Waals surface area (Å²) in [6.07, 6.45) is 0.0880. The van der Waals surface area contributed by atoms with Crippen molar-refractivity contribution in [2.45, 2.75) is 31.5 Å². The van der Waals surface area contributed by atoms with E-state index in [0.717, 1.165) is 0 Å². The van der Waals surface area contributed by atoms with Gasteiger partial charge in [-0.15, -0.1) is 0 Å². The predicted molar refractivity (Wildman–Crippen MR) is 41.8 cm³/mol. The molecule has 2 fully saturated rings. The lowest BCUT2D eigenvalue weighted by molar-refractivity contribution is -0.138. The van der Waals surface area contributed by atoms with Crippen molar-refractivity contribution in [3.8, 4) is 0 Å². The van der Waals surface area contributed by atoms with E-state index in [1.54, 1.807) is 0 Å². The molecular formula is C8H12O5. The van der Waals surface area contributed by atoms with Crippen molar-refractivity contribution in [2.24, 2.45) is 0 Å². The maximum Gasteiger partial charge on any atom is 0.308 e. The van der Waals surface area contributed by atoms with E-state index in [-0.39, 0.29) is 30.9 Å². The number of aliphatic hydroxyl groups excluding tert-OH is 2. The molecule has 2 aliphatic rings. The van der Waals surface area contributed by atoms with Crippen LogP contribution in [0.3, 0.4) is 0 Å². The summed E-state index contributed by atoms with van der Waals surface area (Å²) in [6, 6.07) is 0. The van der Waals surface area contributed by atoms with Gasteiger partial charge in [-0.1, -0.05) is 0 Å². The van der Waals surface area contributed by atoms with Gasteiger partial charge in [-0.05, 0) is 0 Å². The van der Waals surface area contributed by atoms with Gasteiger partial charge in [0.05, 0.1) is 18.6 Å². The number of aliphatic hydroxyl groups is 2. The summed E-state index contributed by atoms with van der Waals surface area (Å²) in [5, 5.41) is 17.0. The molecule has 13 heavy (non-hydrogen) atoms. The van der Waals surface area contributed by atoms with Gasteiger partial charge in [-0.2, -0.15) is 0 Å². The standard InChI is InChI=1S/C4H6O3.C4H6O2/c5-3-1-4(6)7-2-3;5-3-1-4(6)2-3/h3,5H,1-2H2;3,5H,1-2H2. The molecule has 0 amide bonds. The Labute approximate surface area is 75.3 Å². The molecule has 0 radical (unpaired) electrons. The first kappa shape index (κ1) is 10.1. The van der Waals surface area contributed by atoms with Crippen molar-refractivity contribution < 1.29 is 24.5 Å². The molecule has 1 heterocycles. The molecule has 0 aromatic carbocycles. The Hall–Kier alpha value is -0.940. The van der Waals surface area contributed by atoms with Gasteiger partial charge in [0.15, 0.2) is 0 Å². The predicted octanol–water partition coefficient (Wildman–Crippen LogP) is -0.996. The molecule has 1 aliphatic carbocycles. The van der Waals surface area contributed by atoms with Crippen LogP contribution in [0.2, 0.25) is 0 Å². The smallest absolute Gasteiger partial charge is 0.308 e. The zero-order chi connectivity index (χ0) is 9.84. The van der Waals surface area contributed by atoms with Crippen LogP contribution in [0.5, 0.6) is 0 Å². The van der Waals surface area contributed by atoms with Crippen molar-refractivity contribution >= 4 is 11.8 Å². The van der Waals surface area contributed by atoms with E-state index >= 15 is 0 Å². The van der Waals surface area contributed by atoms with E-state index < -0.39 is 6.10 Å². The largest absolute Gasteiger partial charge is 0.463 e. The first-order chi connectivity index (χ1) is 6.08. The second-order valence-corrected chi connectivity index (χ2v) is 3.14. The number of ether oxygens (including phenoxy) is 1. The number of esters is 1. The summed E-state index contributed by atoms with van der Waals surface area (Å²) in [5.41, 5.74) is 0. The molecule has 0 aromatic rings. The number of hydrogen-bond donors (Lipinski definition) is 2. The van der Waals surface area contributed by atoms with Crippen molar-refractivity contribution in [3.05, 3.63) is 0 Å². The fraction of sp³-hybridized carbons (Fsp3) is 0.750. The monoisotopic (exact) mass is 188 g/mol. The first-order valence-corrected chi connectivity index (χ1v) is 4.11.